The van der Waals surface area contributed by atoms with E-state index in [1.807, 2.05) is 48.1 Å². The van der Waals surface area contributed by atoms with Gasteiger partial charge >= 0.3 is 0 Å². The average Bonchev–Trinajstić information content (AvgIpc) is 3.17. The van der Waals surface area contributed by atoms with Crippen LogP contribution >= 0.6 is 11.6 Å². The summed E-state index contributed by atoms with van der Waals surface area (Å²) in [4.78, 5) is 12.1. The number of aromatic nitrogens is 3. The molecule has 0 aliphatic rings. The average molecular weight is 328 g/mol. The van der Waals surface area contributed by atoms with Crippen LogP contribution in [-0.2, 0) is 7.05 Å². The molecule has 3 aromatic rings. The van der Waals surface area contributed by atoms with Gasteiger partial charge in [0, 0.05) is 23.8 Å². The number of carbonyl (C=O) groups is 1. The lowest BCUT2D eigenvalue weighted by atomic mass is 10.2. The SMILES string of the molecule is Cn1cccc1-c1cc(C(=O)NN=Cc2ccccc2Cl)[nH]n1. The first-order valence-electron chi connectivity index (χ1n) is 6.90. The number of hydrazone groups is 1. The monoisotopic (exact) mass is 327 g/mol. The van der Waals surface area contributed by atoms with Crippen molar-refractivity contribution in [1.82, 2.24) is 20.2 Å². The van der Waals surface area contributed by atoms with Crippen molar-refractivity contribution in [2.45, 2.75) is 0 Å². The number of H-pyrrole nitrogens is 1. The van der Waals surface area contributed by atoms with E-state index in [9.17, 15) is 4.79 Å². The van der Waals surface area contributed by atoms with Crippen LogP contribution in [0.5, 0.6) is 0 Å². The summed E-state index contributed by atoms with van der Waals surface area (Å²) >= 11 is 6.01. The largest absolute Gasteiger partial charge is 0.349 e. The molecule has 116 valence electrons. The second kappa shape index (κ2) is 6.50. The normalized spacial score (nSPS) is 11.0. The molecule has 0 unspecified atom stereocenters. The molecule has 0 saturated heterocycles. The highest BCUT2D eigenvalue weighted by molar-refractivity contribution is 6.33. The van der Waals surface area contributed by atoms with Gasteiger partial charge in [-0.25, -0.2) is 5.43 Å². The molecule has 1 aromatic carbocycles. The summed E-state index contributed by atoms with van der Waals surface area (Å²) in [5.74, 6) is -0.374. The molecule has 0 saturated carbocycles. The minimum atomic E-state index is -0.374. The molecule has 2 aromatic heterocycles. The van der Waals surface area contributed by atoms with Crippen molar-refractivity contribution in [2.75, 3.05) is 0 Å². The van der Waals surface area contributed by atoms with E-state index in [4.69, 9.17) is 11.6 Å². The zero-order chi connectivity index (χ0) is 16.2. The highest BCUT2D eigenvalue weighted by atomic mass is 35.5. The summed E-state index contributed by atoms with van der Waals surface area (Å²) in [7, 11) is 1.91. The lowest BCUT2D eigenvalue weighted by molar-refractivity contribution is 0.0950. The predicted octanol–water partition coefficient (Wildman–Crippen LogP) is 2.83. The van der Waals surface area contributed by atoms with E-state index in [1.165, 1.54) is 6.21 Å². The molecule has 0 aliphatic carbocycles. The summed E-state index contributed by atoms with van der Waals surface area (Å²) < 4.78 is 1.92. The van der Waals surface area contributed by atoms with E-state index in [-0.39, 0.29) is 5.91 Å². The molecule has 23 heavy (non-hydrogen) atoms. The van der Waals surface area contributed by atoms with E-state index in [0.717, 1.165) is 11.3 Å². The number of rotatable bonds is 4. The van der Waals surface area contributed by atoms with Gasteiger partial charge in [-0.3, -0.25) is 9.89 Å². The van der Waals surface area contributed by atoms with Gasteiger partial charge < -0.3 is 4.57 Å². The fraction of sp³-hybridized carbons (Fsp3) is 0.0625. The van der Waals surface area contributed by atoms with Crippen molar-refractivity contribution in [2.24, 2.45) is 12.1 Å². The van der Waals surface area contributed by atoms with Crippen LogP contribution in [-0.4, -0.2) is 26.9 Å². The summed E-state index contributed by atoms with van der Waals surface area (Å²) in [6.45, 7) is 0. The Balaban J connectivity index is 1.69. The standard InChI is InChI=1S/C16H14ClN5O/c1-22-8-4-7-15(22)13-9-14(20-19-13)16(23)21-18-10-11-5-2-3-6-12(11)17/h2-10H,1H3,(H,19,20)(H,21,23). The second-order valence-corrected chi connectivity index (χ2v) is 5.30. The smallest absolute Gasteiger partial charge is 0.289 e. The van der Waals surface area contributed by atoms with Crippen molar-refractivity contribution in [3.8, 4) is 11.4 Å². The summed E-state index contributed by atoms with van der Waals surface area (Å²) in [6, 6.07) is 12.7. The molecule has 0 atom stereocenters. The van der Waals surface area contributed by atoms with Crippen LogP contribution in [0.4, 0.5) is 0 Å². The summed E-state index contributed by atoms with van der Waals surface area (Å²) in [5, 5.41) is 11.3. The number of benzene rings is 1. The van der Waals surface area contributed by atoms with E-state index in [2.05, 4.69) is 20.7 Å². The van der Waals surface area contributed by atoms with Crippen molar-refractivity contribution >= 4 is 23.7 Å². The molecule has 6 nitrogen and oxygen atoms in total. The molecule has 2 heterocycles. The van der Waals surface area contributed by atoms with E-state index in [0.29, 0.717) is 16.4 Å². The first-order valence-corrected chi connectivity index (χ1v) is 7.28. The number of hydrogen-bond acceptors (Lipinski definition) is 3. The Labute approximate surface area is 137 Å². The van der Waals surface area contributed by atoms with Gasteiger partial charge in [-0.05, 0) is 24.3 Å². The number of nitrogens with zero attached hydrogens (tertiary/aromatic N) is 3. The number of aromatic amines is 1. The third kappa shape index (κ3) is 3.32. The molecule has 7 heteroatoms. The summed E-state index contributed by atoms with van der Waals surface area (Å²) in [5.41, 5.74) is 5.11. The molecule has 0 bridgehead atoms. The van der Waals surface area contributed by atoms with Gasteiger partial charge in [-0.1, -0.05) is 29.8 Å². The molecular weight excluding hydrogens is 314 g/mol. The van der Waals surface area contributed by atoms with Crippen molar-refractivity contribution in [1.29, 1.82) is 0 Å². The zero-order valence-electron chi connectivity index (χ0n) is 12.3. The Hall–Kier alpha value is -2.86. The Kier molecular flexibility index (Phi) is 4.25. The van der Waals surface area contributed by atoms with Crippen LogP contribution in [0.25, 0.3) is 11.4 Å². The van der Waals surface area contributed by atoms with Crippen LogP contribution in [0.15, 0.2) is 53.8 Å². The van der Waals surface area contributed by atoms with Crippen molar-refractivity contribution in [3.05, 3.63) is 64.9 Å². The van der Waals surface area contributed by atoms with Gasteiger partial charge in [0.25, 0.3) is 5.91 Å². The van der Waals surface area contributed by atoms with Gasteiger partial charge in [0.15, 0.2) is 0 Å². The fourth-order valence-electron chi connectivity index (χ4n) is 2.10. The lowest BCUT2D eigenvalue weighted by Crippen LogP contribution is -2.18. The number of halogens is 1. The van der Waals surface area contributed by atoms with Crippen molar-refractivity contribution < 1.29 is 4.79 Å². The zero-order valence-corrected chi connectivity index (χ0v) is 13.1. The third-order valence-electron chi connectivity index (χ3n) is 3.30. The topological polar surface area (TPSA) is 75.1 Å². The maximum Gasteiger partial charge on any atom is 0.289 e. The Morgan fingerprint density at radius 1 is 1.35 bits per heavy atom. The van der Waals surface area contributed by atoms with Gasteiger partial charge in [0.2, 0.25) is 0 Å². The first-order chi connectivity index (χ1) is 11.1. The molecule has 0 aliphatic heterocycles. The Bertz CT molecular complexity index is 865. The number of aryl methyl sites for hydroxylation is 1. The molecule has 0 spiro atoms. The van der Waals surface area contributed by atoms with Crippen LogP contribution in [0, 0.1) is 0 Å². The number of nitrogens with one attached hydrogen (secondary N) is 2. The maximum atomic E-state index is 12.1. The second-order valence-electron chi connectivity index (χ2n) is 4.89. The van der Waals surface area contributed by atoms with Gasteiger partial charge in [0.1, 0.15) is 11.4 Å². The van der Waals surface area contributed by atoms with Gasteiger partial charge in [-0.15, -0.1) is 0 Å². The quantitative estimate of drug-likeness (QED) is 0.571. The molecule has 3 rings (SSSR count). The fourth-order valence-corrected chi connectivity index (χ4v) is 2.28. The minimum Gasteiger partial charge on any atom is -0.349 e. The van der Waals surface area contributed by atoms with Crippen LogP contribution in [0.2, 0.25) is 5.02 Å². The third-order valence-corrected chi connectivity index (χ3v) is 3.65. The molecule has 1 amide bonds. The first kappa shape index (κ1) is 15.1. The van der Waals surface area contributed by atoms with E-state index in [1.54, 1.807) is 12.1 Å². The molecule has 0 radical (unpaired) electrons. The molecule has 0 fully saturated rings. The van der Waals surface area contributed by atoms with Gasteiger partial charge in [-0.2, -0.15) is 10.2 Å². The molecular formula is C16H14ClN5O. The van der Waals surface area contributed by atoms with Gasteiger partial charge in [0.05, 0.1) is 11.9 Å². The number of carbonyl (C=O) groups excluding carboxylic acids is 1. The highest BCUT2D eigenvalue weighted by Crippen LogP contribution is 2.17. The number of amides is 1. The predicted molar refractivity (Wildman–Crippen MR) is 89.5 cm³/mol. The lowest BCUT2D eigenvalue weighted by Gasteiger charge is -1.98. The Morgan fingerprint density at radius 2 is 2.17 bits per heavy atom. The Morgan fingerprint density at radius 3 is 2.91 bits per heavy atom. The summed E-state index contributed by atoms with van der Waals surface area (Å²) in [6.07, 6.45) is 3.41. The highest BCUT2D eigenvalue weighted by Gasteiger charge is 2.11. The van der Waals surface area contributed by atoms with Crippen LogP contribution in [0.1, 0.15) is 16.1 Å². The van der Waals surface area contributed by atoms with Crippen LogP contribution < -0.4 is 5.43 Å². The minimum absolute atomic E-state index is 0.331. The van der Waals surface area contributed by atoms with Crippen molar-refractivity contribution in [3.63, 3.8) is 0 Å². The van der Waals surface area contributed by atoms with E-state index < -0.39 is 0 Å². The molecule has 2 N–H and O–H groups in total. The number of hydrogen-bond donors (Lipinski definition) is 2. The van der Waals surface area contributed by atoms with E-state index >= 15 is 0 Å². The maximum absolute atomic E-state index is 12.1. The van der Waals surface area contributed by atoms with Crippen LogP contribution in [0.3, 0.4) is 0 Å².